The maximum absolute atomic E-state index is 14.3. The molecule has 0 radical (unpaired) electrons. The zero-order chi connectivity index (χ0) is 14.7. The van der Waals surface area contributed by atoms with Crippen molar-refractivity contribution in [3.05, 3.63) is 57.8 Å². The van der Waals surface area contributed by atoms with Gasteiger partial charge >= 0.3 is 0 Å². The Labute approximate surface area is 128 Å². The van der Waals surface area contributed by atoms with Gasteiger partial charge in [0.2, 0.25) is 0 Å². The first-order valence-electron chi connectivity index (χ1n) is 5.73. The van der Waals surface area contributed by atoms with Gasteiger partial charge in [0.15, 0.2) is 11.7 Å². The van der Waals surface area contributed by atoms with Gasteiger partial charge in [-0.05, 0) is 47.1 Å². The Bertz CT molecular complexity index is 659. The molecule has 0 heterocycles. The molecule has 2 aromatic carbocycles. The third kappa shape index (κ3) is 3.13. The predicted octanol–water partition coefficient (Wildman–Crippen LogP) is 4.14. The summed E-state index contributed by atoms with van der Waals surface area (Å²) in [5.74, 6) is -0.567. The fourth-order valence-corrected chi connectivity index (χ4v) is 3.13. The summed E-state index contributed by atoms with van der Waals surface area (Å²) in [6.45, 7) is 2.00. The van der Waals surface area contributed by atoms with Crippen LogP contribution >= 0.6 is 27.7 Å². The van der Waals surface area contributed by atoms with Crippen molar-refractivity contribution in [2.75, 3.05) is 0 Å². The normalized spacial score (nSPS) is 11.7. The second kappa shape index (κ2) is 6.28. The maximum atomic E-state index is 14.3. The number of hydrogen-bond donors (Lipinski definition) is 2. The van der Waals surface area contributed by atoms with Crippen LogP contribution in [-0.2, 0) is 0 Å². The van der Waals surface area contributed by atoms with Crippen molar-refractivity contribution in [3.8, 4) is 0 Å². The van der Waals surface area contributed by atoms with E-state index in [1.807, 2.05) is 31.2 Å². The van der Waals surface area contributed by atoms with Gasteiger partial charge in [-0.3, -0.25) is 0 Å². The molecule has 2 aromatic rings. The van der Waals surface area contributed by atoms with E-state index in [9.17, 15) is 4.39 Å². The van der Waals surface area contributed by atoms with Gasteiger partial charge in [-0.1, -0.05) is 34.6 Å². The van der Waals surface area contributed by atoms with E-state index in [1.165, 1.54) is 11.8 Å². The van der Waals surface area contributed by atoms with Crippen molar-refractivity contribution >= 4 is 33.5 Å². The Morgan fingerprint density at radius 2 is 1.90 bits per heavy atom. The molecule has 0 aliphatic rings. The van der Waals surface area contributed by atoms with Crippen LogP contribution in [0.15, 0.2) is 55.8 Å². The largest absolute Gasteiger partial charge is 0.409 e. The zero-order valence-corrected chi connectivity index (χ0v) is 13.0. The minimum atomic E-state index is -0.431. The number of benzene rings is 2. The van der Waals surface area contributed by atoms with Gasteiger partial charge in [0.1, 0.15) is 0 Å². The minimum absolute atomic E-state index is 0.136. The molecule has 3 nitrogen and oxygen atoms in total. The number of nitrogens with two attached hydrogens (primary N) is 1. The zero-order valence-electron chi connectivity index (χ0n) is 10.6. The van der Waals surface area contributed by atoms with Gasteiger partial charge in [-0.15, -0.1) is 0 Å². The van der Waals surface area contributed by atoms with Gasteiger partial charge < -0.3 is 10.9 Å². The number of hydrogen-bond acceptors (Lipinski definition) is 3. The molecule has 20 heavy (non-hydrogen) atoms. The van der Waals surface area contributed by atoms with Crippen LogP contribution in [-0.4, -0.2) is 11.0 Å². The Morgan fingerprint density at radius 3 is 2.50 bits per heavy atom. The highest BCUT2D eigenvalue weighted by molar-refractivity contribution is 9.10. The number of nitrogens with zero attached hydrogens (tertiary/aromatic N) is 1. The molecular weight excluding hydrogens is 343 g/mol. The van der Waals surface area contributed by atoms with E-state index in [1.54, 1.807) is 12.1 Å². The fourth-order valence-electron chi connectivity index (χ4n) is 1.60. The first-order chi connectivity index (χ1) is 9.52. The van der Waals surface area contributed by atoms with E-state index in [0.29, 0.717) is 10.5 Å². The van der Waals surface area contributed by atoms with Gasteiger partial charge in [0.05, 0.1) is 4.47 Å². The van der Waals surface area contributed by atoms with Crippen molar-refractivity contribution in [1.82, 2.24) is 0 Å². The van der Waals surface area contributed by atoms with Crippen LogP contribution in [0.4, 0.5) is 4.39 Å². The molecule has 0 saturated heterocycles. The predicted molar refractivity (Wildman–Crippen MR) is 81.9 cm³/mol. The SMILES string of the molecule is Cc1ccc(Sc2ccc(/C(N)=N/O)c(Br)c2F)cc1. The van der Waals surface area contributed by atoms with Crippen LogP contribution in [0.3, 0.4) is 0 Å². The number of rotatable bonds is 3. The van der Waals surface area contributed by atoms with Crippen LogP contribution in [0.5, 0.6) is 0 Å². The molecular formula is C14H12BrFN2OS. The molecule has 2 rings (SSSR count). The fraction of sp³-hybridized carbons (Fsp3) is 0.0714. The van der Waals surface area contributed by atoms with Crippen molar-refractivity contribution in [2.24, 2.45) is 10.9 Å². The maximum Gasteiger partial charge on any atom is 0.171 e. The van der Waals surface area contributed by atoms with E-state index in [4.69, 9.17) is 10.9 Å². The Balaban J connectivity index is 2.34. The highest BCUT2D eigenvalue weighted by atomic mass is 79.9. The standard InChI is InChI=1S/C14H12BrFN2OS/c1-8-2-4-9(5-3-8)20-11-7-6-10(14(17)18-19)12(15)13(11)16/h2-7,19H,1H3,(H2,17,18). The lowest BCUT2D eigenvalue weighted by Crippen LogP contribution is -2.14. The smallest absolute Gasteiger partial charge is 0.171 e. The summed E-state index contributed by atoms with van der Waals surface area (Å²) in [5.41, 5.74) is 6.95. The van der Waals surface area contributed by atoms with E-state index in [0.717, 1.165) is 10.5 Å². The second-order valence-electron chi connectivity index (χ2n) is 4.14. The van der Waals surface area contributed by atoms with Gasteiger partial charge in [-0.25, -0.2) is 4.39 Å². The van der Waals surface area contributed by atoms with Crippen LogP contribution in [0.25, 0.3) is 0 Å². The highest BCUT2D eigenvalue weighted by Crippen LogP contribution is 2.34. The number of halogens is 2. The number of oxime groups is 1. The van der Waals surface area contributed by atoms with E-state index in [-0.39, 0.29) is 10.3 Å². The van der Waals surface area contributed by atoms with Crippen LogP contribution in [0.1, 0.15) is 11.1 Å². The summed E-state index contributed by atoms with van der Waals surface area (Å²) in [5, 5.41) is 11.5. The number of amidine groups is 1. The molecule has 0 amide bonds. The second-order valence-corrected chi connectivity index (χ2v) is 6.05. The summed E-state index contributed by atoms with van der Waals surface area (Å²) in [7, 11) is 0. The van der Waals surface area contributed by atoms with Crippen molar-refractivity contribution in [1.29, 1.82) is 0 Å². The Hall–Kier alpha value is -1.53. The topological polar surface area (TPSA) is 58.6 Å². The molecule has 0 fully saturated rings. The van der Waals surface area contributed by atoms with Crippen LogP contribution in [0, 0.1) is 12.7 Å². The van der Waals surface area contributed by atoms with E-state index in [2.05, 4.69) is 21.1 Å². The monoisotopic (exact) mass is 354 g/mol. The first-order valence-corrected chi connectivity index (χ1v) is 7.34. The van der Waals surface area contributed by atoms with Gasteiger partial charge in [-0.2, -0.15) is 0 Å². The highest BCUT2D eigenvalue weighted by Gasteiger charge is 2.14. The lowest BCUT2D eigenvalue weighted by molar-refractivity contribution is 0.318. The summed E-state index contributed by atoms with van der Waals surface area (Å²) in [6, 6.07) is 11.0. The van der Waals surface area contributed by atoms with Crippen LogP contribution in [0.2, 0.25) is 0 Å². The van der Waals surface area contributed by atoms with Crippen LogP contribution < -0.4 is 5.73 Å². The summed E-state index contributed by atoms with van der Waals surface area (Å²) in [4.78, 5) is 1.41. The summed E-state index contributed by atoms with van der Waals surface area (Å²) in [6.07, 6.45) is 0. The van der Waals surface area contributed by atoms with Gasteiger partial charge in [0, 0.05) is 15.4 Å². The van der Waals surface area contributed by atoms with Crippen molar-refractivity contribution < 1.29 is 9.60 Å². The molecule has 0 atom stereocenters. The molecule has 0 spiro atoms. The Morgan fingerprint density at radius 1 is 1.25 bits per heavy atom. The molecule has 0 saturated carbocycles. The number of aryl methyl sites for hydroxylation is 1. The molecule has 0 aliphatic carbocycles. The molecule has 0 aromatic heterocycles. The minimum Gasteiger partial charge on any atom is -0.409 e. The third-order valence-electron chi connectivity index (χ3n) is 2.68. The molecule has 3 N–H and O–H groups in total. The third-order valence-corrected chi connectivity index (χ3v) is 4.50. The van der Waals surface area contributed by atoms with E-state index >= 15 is 0 Å². The average molecular weight is 355 g/mol. The van der Waals surface area contributed by atoms with Crippen molar-refractivity contribution in [3.63, 3.8) is 0 Å². The first kappa shape index (κ1) is 14.9. The van der Waals surface area contributed by atoms with Gasteiger partial charge in [0.25, 0.3) is 0 Å². The van der Waals surface area contributed by atoms with E-state index < -0.39 is 5.82 Å². The molecule has 6 heteroatoms. The molecule has 0 aliphatic heterocycles. The average Bonchev–Trinajstić information content (AvgIpc) is 2.45. The van der Waals surface area contributed by atoms with Crippen molar-refractivity contribution in [2.45, 2.75) is 16.7 Å². The molecule has 0 bridgehead atoms. The quantitative estimate of drug-likeness (QED) is 0.377. The summed E-state index contributed by atoms with van der Waals surface area (Å²) >= 11 is 4.45. The lowest BCUT2D eigenvalue weighted by Gasteiger charge is -2.08. The molecule has 0 unspecified atom stereocenters. The Kier molecular flexibility index (Phi) is 4.67. The summed E-state index contributed by atoms with van der Waals surface area (Å²) < 4.78 is 14.4. The lowest BCUT2D eigenvalue weighted by atomic mass is 10.2. The molecule has 104 valence electrons.